The highest BCUT2D eigenvalue weighted by atomic mass is 14.8. The maximum atomic E-state index is 5.48. The Morgan fingerprint density at radius 2 is 1.02 bits per heavy atom. The van der Waals surface area contributed by atoms with Crippen LogP contribution in [0.1, 0.15) is 16.7 Å². The molecule has 0 atom stereocenters. The number of hydrogen-bond donors (Lipinski definition) is 1. The lowest BCUT2D eigenvalue weighted by molar-refractivity contribution is 0.976. The Morgan fingerprint density at radius 3 is 1.65 bits per heavy atom. The maximum absolute atomic E-state index is 5.48. The Balaban J connectivity index is 1.36. The fourth-order valence-corrected chi connectivity index (χ4v) is 7.55. The van der Waals surface area contributed by atoms with Crippen molar-refractivity contribution < 1.29 is 0 Å². The zero-order valence-corrected chi connectivity index (χ0v) is 27.0. The van der Waals surface area contributed by atoms with E-state index < -0.39 is 0 Å². The summed E-state index contributed by atoms with van der Waals surface area (Å²) in [5.41, 5.74) is 13.5. The number of para-hydroxylation sites is 1. The monoisotopic (exact) mass is 615 g/mol. The number of dihydropyridines is 1. The van der Waals surface area contributed by atoms with E-state index in [-0.39, 0.29) is 0 Å². The minimum Gasteiger partial charge on any atom is -0.387 e. The number of fused-ring (bicyclic) bond motifs is 6. The summed E-state index contributed by atoms with van der Waals surface area (Å²) in [4.78, 5) is 10.8. The van der Waals surface area contributed by atoms with Gasteiger partial charge in [-0.3, -0.25) is 0 Å². The second-order valence-electron chi connectivity index (χ2n) is 12.6. The molecule has 8 aromatic rings. The molecule has 0 fully saturated rings. The molecule has 0 unspecified atom stereocenters. The normalized spacial score (nSPS) is 12.9. The van der Waals surface area contributed by atoms with E-state index in [2.05, 4.69) is 159 Å². The minimum absolute atomic E-state index is 0.856. The predicted octanol–water partition coefficient (Wildman–Crippen LogP) is 11.2. The van der Waals surface area contributed by atoms with Crippen LogP contribution in [-0.4, -0.2) is 16.5 Å². The van der Waals surface area contributed by atoms with Crippen molar-refractivity contribution in [1.82, 2.24) is 15.3 Å². The number of allylic oxidation sites excluding steroid dienone is 2. The molecule has 0 amide bonds. The van der Waals surface area contributed by atoms with Gasteiger partial charge in [-0.25, -0.2) is 9.97 Å². The van der Waals surface area contributed by atoms with Crippen LogP contribution in [0.2, 0.25) is 0 Å². The zero-order valence-electron chi connectivity index (χ0n) is 27.0. The van der Waals surface area contributed by atoms with E-state index in [0.717, 1.165) is 51.0 Å². The maximum Gasteiger partial charge on any atom is 0.0791 e. The molecule has 1 aliphatic rings. The molecule has 0 aliphatic carbocycles. The van der Waals surface area contributed by atoms with Crippen LogP contribution in [0.15, 0.2) is 146 Å². The van der Waals surface area contributed by atoms with Gasteiger partial charge in [-0.1, -0.05) is 121 Å². The largest absolute Gasteiger partial charge is 0.387 e. The molecule has 0 saturated carbocycles. The van der Waals surface area contributed by atoms with Gasteiger partial charge in [0.1, 0.15) is 0 Å². The van der Waals surface area contributed by atoms with Gasteiger partial charge in [0, 0.05) is 39.2 Å². The standard InChI is InChI=1S/C45H33N3/c1-28-40-36-15-9-10-16-38(36)47-44(33-11-5-3-6-12-33)42(40)29(2)41-37-22-21-35(31-19-17-30(18-20-31)32-23-25-46-26-24-32)27-39(37)48-45(43(28)41)34-13-7-4-8-14-34/h3-25,27,46H,26H2,1-2H3. The lowest BCUT2D eigenvalue weighted by Gasteiger charge is -2.21. The van der Waals surface area contributed by atoms with Crippen LogP contribution >= 0.6 is 0 Å². The van der Waals surface area contributed by atoms with Crippen molar-refractivity contribution in [2.24, 2.45) is 0 Å². The second kappa shape index (κ2) is 11.3. The van der Waals surface area contributed by atoms with Crippen LogP contribution < -0.4 is 5.32 Å². The fraction of sp³-hybridized carbons (Fsp3) is 0.0667. The molecule has 0 saturated heterocycles. The third kappa shape index (κ3) is 4.51. The minimum atomic E-state index is 0.856. The van der Waals surface area contributed by atoms with E-state index >= 15 is 0 Å². The zero-order chi connectivity index (χ0) is 32.2. The van der Waals surface area contributed by atoms with Gasteiger partial charge in [0.05, 0.1) is 22.4 Å². The summed E-state index contributed by atoms with van der Waals surface area (Å²) in [6.45, 7) is 5.40. The third-order valence-electron chi connectivity index (χ3n) is 9.85. The molecule has 228 valence electrons. The van der Waals surface area contributed by atoms with E-state index in [1.807, 2.05) is 6.20 Å². The molecule has 2 aromatic heterocycles. The molecule has 9 rings (SSSR count). The van der Waals surface area contributed by atoms with Gasteiger partial charge in [0.25, 0.3) is 0 Å². The Labute approximate surface area is 279 Å². The van der Waals surface area contributed by atoms with E-state index in [4.69, 9.17) is 9.97 Å². The smallest absolute Gasteiger partial charge is 0.0791 e. The van der Waals surface area contributed by atoms with E-state index in [9.17, 15) is 0 Å². The van der Waals surface area contributed by atoms with Crippen molar-refractivity contribution in [2.75, 3.05) is 6.54 Å². The lowest BCUT2D eigenvalue weighted by atomic mass is 9.85. The van der Waals surface area contributed by atoms with Gasteiger partial charge in [-0.2, -0.15) is 0 Å². The van der Waals surface area contributed by atoms with Gasteiger partial charge in [0.15, 0.2) is 0 Å². The van der Waals surface area contributed by atoms with Gasteiger partial charge >= 0.3 is 0 Å². The fourth-order valence-electron chi connectivity index (χ4n) is 7.55. The van der Waals surface area contributed by atoms with E-state index in [0.29, 0.717) is 0 Å². The van der Waals surface area contributed by atoms with Crippen molar-refractivity contribution in [2.45, 2.75) is 13.8 Å². The number of benzene rings is 6. The lowest BCUT2D eigenvalue weighted by Crippen LogP contribution is -2.08. The van der Waals surface area contributed by atoms with Gasteiger partial charge in [-0.05, 0) is 82.4 Å². The van der Waals surface area contributed by atoms with Crippen LogP contribution in [0.4, 0.5) is 0 Å². The third-order valence-corrected chi connectivity index (χ3v) is 9.85. The van der Waals surface area contributed by atoms with Gasteiger partial charge in [0.2, 0.25) is 0 Å². The van der Waals surface area contributed by atoms with Crippen molar-refractivity contribution >= 4 is 48.9 Å². The van der Waals surface area contributed by atoms with Crippen LogP contribution in [0.3, 0.4) is 0 Å². The predicted molar refractivity (Wildman–Crippen MR) is 203 cm³/mol. The van der Waals surface area contributed by atoms with Crippen molar-refractivity contribution in [3.8, 4) is 33.6 Å². The molecular formula is C45H33N3. The Kier molecular flexibility index (Phi) is 6.65. The highest BCUT2D eigenvalue weighted by Crippen LogP contribution is 2.45. The van der Waals surface area contributed by atoms with Crippen molar-refractivity contribution in [3.05, 3.63) is 162 Å². The van der Waals surface area contributed by atoms with Crippen LogP contribution in [0.25, 0.3) is 82.6 Å². The summed E-state index contributed by atoms with van der Waals surface area (Å²) < 4.78 is 0. The summed E-state index contributed by atoms with van der Waals surface area (Å²) >= 11 is 0. The number of pyridine rings is 2. The molecule has 0 spiro atoms. The average molecular weight is 616 g/mol. The first-order chi connectivity index (χ1) is 23.7. The summed E-state index contributed by atoms with van der Waals surface area (Å²) in [5.74, 6) is 0. The van der Waals surface area contributed by atoms with E-state index in [1.54, 1.807) is 0 Å². The molecule has 3 heterocycles. The Morgan fingerprint density at radius 1 is 0.479 bits per heavy atom. The quantitative estimate of drug-likeness (QED) is 0.158. The summed E-state index contributed by atoms with van der Waals surface area (Å²) in [6, 6.07) is 45.4. The van der Waals surface area contributed by atoms with Crippen LogP contribution in [-0.2, 0) is 0 Å². The van der Waals surface area contributed by atoms with Crippen LogP contribution in [0, 0.1) is 13.8 Å². The molecule has 1 N–H and O–H groups in total. The molecule has 3 nitrogen and oxygen atoms in total. The molecular weight excluding hydrogens is 583 g/mol. The molecule has 0 bridgehead atoms. The number of aryl methyl sites for hydroxylation is 2. The van der Waals surface area contributed by atoms with Gasteiger partial charge < -0.3 is 5.32 Å². The highest BCUT2D eigenvalue weighted by molar-refractivity contribution is 6.25. The number of aromatic nitrogens is 2. The number of nitrogens with zero attached hydrogens (tertiary/aromatic N) is 2. The summed E-state index contributed by atoms with van der Waals surface area (Å²) in [5, 5.41) is 10.5. The molecule has 48 heavy (non-hydrogen) atoms. The molecule has 3 heteroatoms. The van der Waals surface area contributed by atoms with Gasteiger partial charge in [-0.15, -0.1) is 0 Å². The van der Waals surface area contributed by atoms with Crippen molar-refractivity contribution in [1.29, 1.82) is 0 Å². The molecule has 0 radical (unpaired) electrons. The highest BCUT2D eigenvalue weighted by Gasteiger charge is 2.22. The summed E-state index contributed by atoms with van der Waals surface area (Å²) in [6.07, 6.45) is 6.37. The molecule has 1 aliphatic heterocycles. The number of rotatable bonds is 4. The average Bonchev–Trinajstić information content (AvgIpc) is 3.16. The Bertz CT molecular complexity index is 2600. The number of hydrogen-bond acceptors (Lipinski definition) is 3. The first-order valence-corrected chi connectivity index (χ1v) is 16.6. The Hall–Kier alpha value is -6.06. The van der Waals surface area contributed by atoms with Crippen molar-refractivity contribution in [3.63, 3.8) is 0 Å². The topological polar surface area (TPSA) is 37.8 Å². The molecule has 6 aromatic carbocycles. The second-order valence-corrected chi connectivity index (χ2v) is 12.6. The van der Waals surface area contributed by atoms with Crippen LogP contribution in [0.5, 0.6) is 0 Å². The first kappa shape index (κ1) is 28.2. The first-order valence-electron chi connectivity index (χ1n) is 16.6. The number of nitrogens with one attached hydrogen (secondary N) is 1. The van der Waals surface area contributed by atoms with E-state index in [1.165, 1.54) is 54.8 Å². The summed E-state index contributed by atoms with van der Waals surface area (Å²) in [7, 11) is 0. The SMILES string of the molecule is Cc1c2c(-c3ccccc3)nc3cc(-c4ccc(C5=CCNC=C5)cc4)ccc3c2c(C)c2c(-c3ccccc3)nc3ccccc3c12.